The highest BCUT2D eigenvalue weighted by molar-refractivity contribution is 7.97. The molecular weight excluding hydrogens is 461 g/mol. The lowest BCUT2D eigenvalue weighted by molar-refractivity contribution is -0.134. The summed E-state index contributed by atoms with van der Waals surface area (Å²) in [5.74, 6) is 0.929. The van der Waals surface area contributed by atoms with E-state index in [2.05, 4.69) is 23.8 Å². The van der Waals surface area contributed by atoms with Gasteiger partial charge in [0.2, 0.25) is 5.91 Å². The number of anilines is 1. The van der Waals surface area contributed by atoms with E-state index < -0.39 is 0 Å². The summed E-state index contributed by atoms with van der Waals surface area (Å²) in [5.41, 5.74) is 7.46. The number of hydrogen-bond acceptors (Lipinski definition) is 4. The molecule has 3 rings (SSSR count). The Bertz CT molecular complexity index is 850. The molecule has 0 bridgehead atoms. The third kappa shape index (κ3) is 7.31. The molecule has 7 heteroatoms. The number of nitrogens with one attached hydrogen (secondary N) is 1. The number of nitrogens with zero attached hydrogens (tertiary/aromatic N) is 1. The Morgan fingerprint density at radius 3 is 2.47 bits per heavy atom. The fourth-order valence-electron chi connectivity index (χ4n) is 4.10. The third-order valence-corrected chi connectivity index (χ3v) is 7.63. The molecular formula is C25H33Cl2N3OS. The quantitative estimate of drug-likeness (QED) is 0.289. The minimum absolute atomic E-state index is 0.176. The van der Waals surface area contributed by atoms with Crippen LogP contribution in [0.1, 0.15) is 51.0 Å². The van der Waals surface area contributed by atoms with Crippen LogP contribution < -0.4 is 10.5 Å². The van der Waals surface area contributed by atoms with Crippen LogP contribution in [0.4, 0.5) is 5.69 Å². The number of carbonyl (C=O) groups excluding carboxylic acids is 1. The van der Waals surface area contributed by atoms with Crippen LogP contribution in [0.2, 0.25) is 10.0 Å². The summed E-state index contributed by atoms with van der Waals surface area (Å²) in [6.45, 7) is 3.93. The number of hydrogen-bond donors (Lipinski definition) is 2. The van der Waals surface area contributed by atoms with Crippen LogP contribution >= 0.6 is 35.1 Å². The van der Waals surface area contributed by atoms with Crippen molar-refractivity contribution >= 4 is 46.7 Å². The largest absolute Gasteiger partial charge is 0.396 e. The van der Waals surface area contributed by atoms with Crippen molar-refractivity contribution in [3.05, 3.63) is 58.1 Å². The molecule has 4 nitrogen and oxygen atoms in total. The van der Waals surface area contributed by atoms with Gasteiger partial charge in [-0.1, -0.05) is 79.7 Å². The van der Waals surface area contributed by atoms with Crippen molar-refractivity contribution in [2.45, 2.75) is 62.8 Å². The SMILES string of the molecule is CCCCC1CCN(C(=O)[C@@H](CCc2ccccc2)NSc2cc(Cl)c(N)c(Cl)c2)CC1. The van der Waals surface area contributed by atoms with E-state index in [9.17, 15) is 4.79 Å². The van der Waals surface area contributed by atoms with E-state index in [1.54, 1.807) is 12.1 Å². The highest BCUT2D eigenvalue weighted by Crippen LogP contribution is 2.32. The number of piperidine rings is 1. The van der Waals surface area contributed by atoms with Gasteiger partial charge in [-0.3, -0.25) is 4.79 Å². The van der Waals surface area contributed by atoms with E-state index in [1.807, 2.05) is 23.1 Å². The zero-order valence-electron chi connectivity index (χ0n) is 18.7. The van der Waals surface area contributed by atoms with Crippen LogP contribution in [-0.4, -0.2) is 29.9 Å². The Morgan fingerprint density at radius 1 is 1.19 bits per heavy atom. The maximum Gasteiger partial charge on any atom is 0.240 e. The molecule has 0 unspecified atom stereocenters. The molecule has 174 valence electrons. The predicted octanol–water partition coefficient (Wildman–Crippen LogP) is 6.60. The summed E-state index contributed by atoms with van der Waals surface area (Å²) < 4.78 is 3.39. The first-order valence-corrected chi connectivity index (χ1v) is 13.0. The molecule has 1 amide bonds. The van der Waals surface area contributed by atoms with Crippen LogP contribution in [0.3, 0.4) is 0 Å². The van der Waals surface area contributed by atoms with E-state index in [4.69, 9.17) is 28.9 Å². The van der Waals surface area contributed by atoms with Gasteiger partial charge in [-0.25, -0.2) is 4.72 Å². The third-order valence-electron chi connectivity index (χ3n) is 6.13. The summed E-state index contributed by atoms with van der Waals surface area (Å²) in [5, 5.41) is 0.839. The number of benzene rings is 2. The van der Waals surface area contributed by atoms with Gasteiger partial charge in [-0.15, -0.1) is 0 Å². The van der Waals surface area contributed by atoms with Gasteiger partial charge in [0.25, 0.3) is 0 Å². The van der Waals surface area contributed by atoms with Crippen LogP contribution in [0.25, 0.3) is 0 Å². The number of carbonyl (C=O) groups is 1. The highest BCUT2D eigenvalue weighted by atomic mass is 35.5. The lowest BCUT2D eigenvalue weighted by Gasteiger charge is -2.34. The van der Waals surface area contributed by atoms with Gasteiger partial charge in [0.1, 0.15) is 0 Å². The van der Waals surface area contributed by atoms with Gasteiger partial charge >= 0.3 is 0 Å². The minimum Gasteiger partial charge on any atom is -0.396 e. The molecule has 1 aliphatic rings. The Hall–Kier alpha value is -1.40. The molecule has 0 saturated carbocycles. The first kappa shape index (κ1) is 25.2. The number of nitrogen functional groups attached to an aromatic ring is 1. The Labute approximate surface area is 206 Å². The van der Waals surface area contributed by atoms with Crippen molar-refractivity contribution < 1.29 is 4.79 Å². The minimum atomic E-state index is -0.289. The zero-order valence-corrected chi connectivity index (χ0v) is 21.0. The van der Waals surface area contributed by atoms with E-state index in [-0.39, 0.29) is 11.9 Å². The summed E-state index contributed by atoms with van der Waals surface area (Å²) in [6, 6.07) is 13.6. The Kier molecular flexibility index (Phi) is 10.0. The van der Waals surface area contributed by atoms with E-state index in [0.29, 0.717) is 15.7 Å². The first-order chi connectivity index (χ1) is 15.5. The molecule has 3 N–H and O–H groups in total. The van der Waals surface area contributed by atoms with Gasteiger partial charge in [0.15, 0.2) is 0 Å². The molecule has 0 radical (unpaired) electrons. The topological polar surface area (TPSA) is 58.4 Å². The fraction of sp³-hybridized carbons (Fsp3) is 0.480. The molecule has 1 heterocycles. The van der Waals surface area contributed by atoms with Crippen LogP contribution in [0, 0.1) is 5.92 Å². The van der Waals surface area contributed by atoms with Crippen LogP contribution in [0.5, 0.6) is 0 Å². The molecule has 1 atom stereocenters. The van der Waals surface area contributed by atoms with Crippen molar-refractivity contribution in [1.29, 1.82) is 0 Å². The zero-order chi connectivity index (χ0) is 22.9. The van der Waals surface area contributed by atoms with Gasteiger partial charge in [0, 0.05) is 18.0 Å². The summed E-state index contributed by atoms with van der Waals surface area (Å²) in [6.07, 6.45) is 7.57. The molecule has 1 aliphatic heterocycles. The second-order valence-electron chi connectivity index (χ2n) is 8.51. The summed E-state index contributed by atoms with van der Waals surface area (Å²) in [4.78, 5) is 16.3. The number of likely N-dealkylation sites (tertiary alicyclic amines) is 1. The van der Waals surface area contributed by atoms with E-state index in [0.717, 1.165) is 49.6 Å². The van der Waals surface area contributed by atoms with E-state index >= 15 is 0 Å². The molecule has 0 aliphatic carbocycles. The first-order valence-electron chi connectivity index (χ1n) is 11.5. The van der Waals surface area contributed by atoms with Gasteiger partial charge in [-0.2, -0.15) is 0 Å². The maximum absolute atomic E-state index is 13.4. The van der Waals surface area contributed by atoms with Gasteiger partial charge < -0.3 is 10.6 Å². The molecule has 2 aromatic rings. The van der Waals surface area contributed by atoms with Gasteiger partial charge in [0.05, 0.1) is 21.8 Å². The lowest BCUT2D eigenvalue weighted by atomic mass is 9.91. The second-order valence-corrected chi connectivity index (χ2v) is 10.2. The average Bonchev–Trinajstić information content (AvgIpc) is 2.81. The Morgan fingerprint density at radius 2 is 1.84 bits per heavy atom. The summed E-state index contributed by atoms with van der Waals surface area (Å²) >= 11 is 13.8. The number of rotatable bonds is 10. The Balaban J connectivity index is 1.64. The number of unbranched alkanes of at least 4 members (excludes halogenated alkanes) is 1. The highest BCUT2D eigenvalue weighted by Gasteiger charge is 2.28. The predicted molar refractivity (Wildman–Crippen MR) is 137 cm³/mol. The smallest absolute Gasteiger partial charge is 0.240 e. The van der Waals surface area contributed by atoms with Crippen LogP contribution in [0.15, 0.2) is 47.4 Å². The lowest BCUT2D eigenvalue weighted by Crippen LogP contribution is -2.47. The molecule has 2 aromatic carbocycles. The van der Waals surface area contributed by atoms with Crippen molar-refractivity contribution in [1.82, 2.24) is 9.62 Å². The summed E-state index contributed by atoms with van der Waals surface area (Å²) in [7, 11) is 0. The van der Waals surface area contributed by atoms with Gasteiger partial charge in [-0.05, 0) is 61.2 Å². The van der Waals surface area contributed by atoms with Crippen LogP contribution in [-0.2, 0) is 11.2 Å². The van der Waals surface area contributed by atoms with Crippen molar-refractivity contribution in [3.8, 4) is 0 Å². The monoisotopic (exact) mass is 493 g/mol. The number of aryl methyl sites for hydroxylation is 1. The van der Waals surface area contributed by atoms with Crippen molar-refractivity contribution in [2.24, 2.45) is 5.92 Å². The van der Waals surface area contributed by atoms with Crippen molar-refractivity contribution in [2.75, 3.05) is 18.8 Å². The molecule has 1 saturated heterocycles. The molecule has 1 fully saturated rings. The van der Waals surface area contributed by atoms with Crippen molar-refractivity contribution in [3.63, 3.8) is 0 Å². The number of halogens is 2. The maximum atomic E-state index is 13.4. The second kappa shape index (κ2) is 12.7. The standard InChI is InChI=1S/C25H33Cl2N3OS/c1-2-3-7-19-12-14-30(15-13-19)25(31)23(11-10-18-8-5-4-6-9-18)29-32-20-16-21(26)24(28)22(27)17-20/h4-6,8-9,16-17,19,23,29H,2-3,7,10-15,28H2,1H3/t23-/m1/s1. The fourth-order valence-corrected chi connectivity index (χ4v) is 5.57. The average molecular weight is 495 g/mol. The molecule has 32 heavy (non-hydrogen) atoms. The van der Waals surface area contributed by atoms with E-state index in [1.165, 1.54) is 36.8 Å². The normalized spacial score (nSPS) is 15.7. The number of amides is 1. The molecule has 0 spiro atoms. The number of nitrogens with two attached hydrogens (primary N) is 1. The molecule has 0 aromatic heterocycles.